The van der Waals surface area contributed by atoms with Gasteiger partial charge in [0.15, 0.2) is 19.0 Å². The van der Waals surface area contributed by atoms with Gasteiger partial charge in [-0.25, -0.2) is 4.79 Å². The van der Waals surface area contributed by atoms with Gasteiger partial charge in [0.25, 0.3) is 5.91 Å². The van der Waals surface area contributed by atoms with Crippen molar-refractivity contribution >= 4 is 29.3 Å². The molecular formula is C22H24N2O6. The van der Waals surface area contributed by atoms with Gasteiger partial charge in [-0.2, -0.15) is 0 Å². The lowest BCUT2D eigenvalue weighted by Crippen LogP contribution is -2.36. The zero-order valence-electron chi connectivity index (χ0n) is 17.1. The normalized spacial score (nSPS) is 10.1. The molecule has 0 saturated carbocycles. The first-order valence-corrected chi connectivity index (χ1v) is 9.28. The first-order valence-electron chi connectivity index (χ1n) is 9.28. The number of amides is 2. The summed E-state index contributed by atoms with van der Waals surface area (Å²) in [6.45, 7) is 4.05. The predicted octanol–water partition coefficient (Wildman–Crippen LogP) is 2.18. The molecule has 2 N–H and O–H groups in total. The zero-order valence-corrected chi connectivity index (χ0v) is 17.1. The molecule has 0 aliphatic heterocycles. The summed E-state index contributed by atoms with van der Waals surface area (Å²) in [4.78, 5) is 46.8. The minimum atomic E-state index is -0.752. The van der Waals surface area contributed by atoms with Crippen LogP contribution in [-0.4, -0.2) is 43.3 Å². The molecular weight excluding hydrogens is 388 g/mol. The fourth-order valence-corrected chi connectivity index (χ4v) is 2.45. The summed E-state index contributed by atoms with van der Waals surface area (Å²) in [5.74, 6) is -1.54. The Morgan fingerprint density at radius 2 is 1.67 bits per heavy atom. The molecule has 0 fully saturated rings. The number of esters is 1. The predicted molar refractivity (Wildman–Crippen MR) is 110 cm³/mol. The molecule has 8 heteroatoms. The Morgan fingerprint density at radius 3 is 2.40 bits per heavy atom. The second-order valence-electron chi connectivity index (χ2n) is 6.61. The van der Waals surface area contributed by atoms with Crippen LogP contribution >= 0.6 is 0 Å². The Bertz CT molecular complexity index is 954. The standard InChI is InChI=1S/C22H24N2O6/c1-14-6-4-9-19(15(14)2)24-20(26)11-23-21(27)12-30-22(28)13-29-18-8-5-7-17(10-18)16(3)25/h4-10H,11-13H2,1-3H3,(H,23,27)(H,24,26). The molecule has 2 aromatic rings. The average molecular weight is 412 g/mol. The van der Waals surface area contributed by atoms with Crippen molar-refractivity contribution in [2.75, 3.05) is 25.1 Å². The molecule has 0 radical (unpaired) electrons. The van der Waals surface area contributed by atoms with Gasteiger partial charge >= 0.3 is 5.97 Å². The number of Topliss-reactive ketones (excluding diaryl/α,β-unsaturated/α-hetero) is 1. The highest BCUT2D eigenvalue weighted by molar-refractivity contribution is 5.95. The molecule has 0 aliphatic carbocycles. The molecule has 158 valence electrons. The lowest BCUT2D eigenvalue weighted by Gasteiger charge is -2.11. The Morgan fingerprint density at radius 1 is 0.933 bits per heavy atom. The van der Waals surface area contributed by atoms with Crippen molar-refractivity contribution in [3.8, 4) is 5.75 Å². The van der Waals surface area contributed by atoms with Gasteiger partial charge < -0.3 is 20.1 Å². The van der Waals surface area contributed by atoms with E-state index in [4.69, 9.17) is 9.47 Å². The van der Waals surface area contributed by atoms with Crippen LogP contribution in [0, 0.1) is 13.8 Å². The first-order chi connectivity index (χ1) is 14.3. The number of aryl methyl sites for hydroxylation is 1. The number of benzene rings is 2. The van der Waals surface area contributed by atoms with Crippen LogP contribution < -0.4 is 15.4 Å². The van der Waals surface area contributed by atoms with Crippen LogP contribution in [0.25, 0.3) is 0 Å². The zero-order chi connectivity index (χ0) is 22.1. The summed E-state index contributed by atoms with van der Waals surface area (Å²) in [7, 11) is 0. The molecule has 0 aromatic heterocycles. The van der Waals surface area contributed by atoms with E-state index in [1.54, 1.807) is 24.3 Å². The van der Waals surface area contributed by atoms with Crippen LogP contribution in [0.3, 0.4) is 0 Å². The summed E-state index contributed by atoms with van der Waals surface area (Å²) in [6.07, 6.45) is 0. The molecule has 8 nitrogen and oxygen atoms in total. The van der Waals surface area contributed by atoms with Crippen LogP contribution in [0.1, 0.15) is 28.4 Å². The molecule has 0 saturated heterocycles. The van der Waals surface area contributed by atoms with Gasteiger partial charge in [-0.3, -0.25) is 14.4 Å². The number of carbonyl (C=O) groups excluding carboxylic acids is 4. The third-order valence-electron chi connectivity index (χ3n) is 4.29. The molecule has 2 amide bonds. The van der Waals surface area contributed by atoms with Crippen molar-refractivity contribution < 1.29 is 28.7 Å². The van der Waals surface area contributed by atoms with E-state index < -0.39 is 31.0 Å². The van der Waals surface area contributed by atoms with Gasteiger partial charge in [0.1, 0.15) is 5.75 Å². The third kappa shape index (κ3) is 7.05. The number of carbonyl (C=O) groups is 4. The summed E-state index contributed by atoms with van der Waals surface area (Å²) in [5, 5.41) is 5.10. The molecule has 0 spiro atoms. The Balaban J connectivity index is 1.69. The van der Waals surface area contributed by atoms with E-state index in [1.807, 2.05) is 26.0 Å². The molecule has 2 rings (SSSR count). The second kappa shape index (κ2) is 10.8. The van der Waals surface area contributed by atoms with Crippen LogP contribution in [0.2, 0.25) is 0 Å². The monoisotopic (exact) mass is 412 g/mol. The van der Waals surface area contributed by atoms with Gasteiger partial charge in [0, 0.05) is 11.3 Å². The summed E-state index contributed by atoms with van der Waals surface area (Å²) >= 11 is 0. The second-order valence-corrected chi connectivity index (χ2v) is 6.61. The Hall–Kier alpha value is -3.68. The van der Waals surface area contributed by atoms with Crippen LogP contribution in [0.5, 0.6) is 5.75 Å². The summed E-state index contributed by atoms with van der Waals surface area (Å²) < 4.78 is 10.1. The number of anilines is 1. The molecule has 0 atom stereocenters. The van der Waals surface area contributed by atoms with E-state index in [-0.39, 0.29) is 12.3 Å². The highest BCUT2D eigenvalue weighted by atomic mass is 16.6. The van der Waals surface area contributed by atoms with Crippen molar-refractivity contribution in [2.24, 2.45) is 0 Å². The van der Waals surface area contributed by atoms with E-state index in [1.165, 1.54) is 13.0 Å². The van der Waals surface area contributed by atoms with Crippen LogP contribution in [0.4, 0.5) is 5.69 Å². The van der Waals surface area contributed by atoms with Crippen molar-refractivity contribution in [2.45, 2.75) is 20.8 Å². The topological polar surface area (TPSA) is 111 Å². The number of ketones is 1. The van der Waals surface area contributed by atoms with Crippen molar-refractivity contribution in [1.82, 2.24) is 5.32 Å². The molecule has 30 heavy (non-hydrogen) atoms. The number of rotatable bonds is 9. The fourth-order valence-electron chi connectivity index (χ4n) is 2.45. The van der Waals surface area contributed by atoms with Crippen LogP contribution in [-0.2, 0) is 19.1 Å². The molecule has 0 aliphatic rings. The summed E-state index contributed by atoms with van der Waals surface area (Å²) in [5.41, 5.74) is 3.12. The third-order valence-corrected chi connectivity index (χ3v) is 4.29. The maximum Gasteiger partial charge on any atom is 0.344 e. The van der Waals surface area contributed by atoms with E-state index in [0.717, 1.165) is 11.1 Å². The van der Waals surface area contributed by atoms with Gasteiger partial charge in [0.2, 0.25) is 5.91 Å². The van der Waals surface area contributed by atoms with Crippen molar-refractivity contribution in [3.63, 3.8) is 0 Å². The smallest absolute Gasteiger partial charge is 0.344 e. The highest BCUT2D eigenvalue weighted by Crippen LogP contribution is 2.17. The maximum absolute atomic E-state index is 12.0. The number of nitrogens with one attached hydrogen (secondary N) is 2. The van der Waals surface area contributed by atoms with E-state index in [0.29, 0.717) is 17.0 Å². The van der Waals surface area contributed by atoms with Gasteiger partial charge in [-0.15, -0.1) is 0 Å². The van der Waals surface area contributed by atoms with Gasteiger partial charge in [0.05, 0.1) is 6.54 Å². The Labute approximate surface area is 174 Å². The number of hydrogen-bond acceptors (Lipinski definition) is 6. The highest BCUT2D eigenvalue weighted by Gasteiger charge is 2.11. The lowest BCUT2D eigenvalue weighted by molar-refractivity contribution is -0.150. The molecule has 0 unspecified atom stereocenters. The fraction of sp³-hybridized carbons (Fsp3) is 0.273. The van der Waals surface area contributed by atoms with Crippen LogP contribution in [0.15, 0.2) is 42.5 Å². The number of ether oxygens (including phenoxy) is 2. The molecule has 0 bridgehead atoms. The quantitative estimate of drug-likeness (QED) is 0.482. The number of hydrogen-bond donors (Lipinski definition) is 2. The minimum absolute atomic E-state index is 0.124. The van der Waals surface area contributed by atoms with E-state index in [2.05, 4.69) is 10.6 Å². The molecule has 0 heterocycles. The largest absolute Gasteiger partial charge is 0.482 e. The lowest BCUT2D eigenvalue weighted by atomic mass is 10.1. The van der Waals surface area contributed by atoms with E-state index in [9.17, 15) is 19.2 Å². The first kappa shape index (κ1) is 22.6. The minimum Gasteiger partial charge on any atom is -0.482 e. The summed E-state index contributed by atoms with van der Waals surface area (Å²) in [6, 6.07) is 11.9. The maximum atomic E-state index is 12.0. The van der Waals surface area contributed by atoms with Crippen molar-refractivity contribution in [3.05, 3.63) is 59.2 Å². The Kier molecular flexibility index (Phi) is 8.10. The average Bonchev–Trinajstić information content (AvgIpc) is 2.72. The molecule has 2 aromatic carbocycles. The van der Waals surface area contributed by atoms with E-state index >= 15 is 0 Å². The van der Waals surface area contributed by atoms with Gasteiger partial charge in [-0.05, 0) is 50.1 Å². The van der Waals surface area contributed by atoms with Crippen molar-refractivity contribution in [1.29, 1.82) is 0 Å². The van der Waals surface area contributed by atoms with Gasteiger partial charge in [-0.1, -0.05) is 24.3 Å². The SMILES string of the molecule is CC(=O)c1cccc(OCC(=O)OCC(=O)NCC(=O)Nc2cccc(C)c2C)c1.